The quantitative estimate of drug-likeness (QED) is 0.808. The number of nitrogens with zero attached hydrogens (tertiary/aromatic N) is 2. The van der Waals surface area contributed by atoms with Gasteiger partial charge in [-0.1, -0.05) is 13.3 Å². The van der Waals surface area contributed by atoms with Gasteiger partial charge in [-0.3, -0.25) is 4.79 Å². The second-order valence-electron chi connectivity index (χ2n) is 6.58. The number of carbonyl (C=O) groups excluding carboxylic acids is 1. The minimum absolute atomic E-state index is 0.0508. The first kappa shape index (κ1) is 15.8. The molecule has 0 bridgehead atoms. The van der Waals surface area contributed by atoms with Gasteiger partial charge in [-0.25, -0.2) is 0 Å². The predicted octanol–water partition coefficient (Wildman–Crippen LogP) is 1.84. The van der Waals surface area contributed by atoms with Crippen LogP contribution in [-0.4, -0.2) is 54.5 Å². The Bertz CT molecular complexity index is 294. The number of nitrogens with two attached hydrogens (primary N) is 1. The first-order valence-electron chi connectivity index (χ1n) is 8.44. The lowest BCUT2D eigenvalue weighted by atomic mass is 9.95. The molecule has 0 aromatic heterocycles. The van der Waals surface area contributed by atoms with Gasteiger partial charge in [0.2, 0.25) is 5.91 Å². The van der Waals surface area contributed by atoms with Crippen molar-refractivity contribution in [2.75, 3.05) is 32.7 Å². The van der Waals surface area contributed by atoms with Gasteiger partial charge >= 0.3 is 0 Å². The summed E-state index contributed by atoms with van der Waals surface area (Å²) in [6, 6.07) is 0.0508. The number of hydrogen-bond donors (Lipinski definition) is 1. The summed E-state index contributed by atoms with van der Waals surface area (Å²) in [5.41, 5.74) is 5.97. The molecule has 1 unspecified atom stereocenters. The van der Waals surface area contributed by atoms with Crippen LogP contribution in [0.2, 0.25) is 0 Å². The van der Waals surface area contributed by atoms with Crippen LogP contribution in [0.5, 0.6) is 0 Å². The molecule has 0 radical (unpaired) electrons. The van der Waals surface area contributed by atoms with E-state index in [1.807, 2.05) is 4.90 Å². The minimum atomic E-state index is 0.0508. The molecule has 4 nitrogen and oxygen atoms in total. The van der Waals surface area contributed by atoms with Crippen LogP contribution in [0.1, 0.15) is 51.9 Å². The molecule has 2 aliphatic rings. The third-order valence-electron chi connectivity index (χ3n) is 4.78. The second-order valence-corrected chi connectivity index (χ2v) is 6.58. The molecular formula is C16H31N3O. The third kappa shape index (κ3) is 4.74. The van der Waals surface area contributed by atoms with Crippen LogP contribution in [0.4, 0.5) is 0 Å². The maximum atomic E-state index is 12.2. The summed E-state index contributed by atoms with van der Waals surface area (Å²) < 4.78 is 0. The Morgan fingerprint density at radius 3 is 2.45 bits per heavy atom. The van der Waals surface area contributed by atoms with Crippen LogP contribution in [0.25, 0.3) is 0 Å². The summed E-state index contributed by atoms with van der Waals surface area (Å²) in [6.07, 6.45) is 7.63. The monoisotopic (exact) mass is 281 g/mol. The van der Waals surface area contributed by atoms with E-state index in [2.05, 4.69) is 11.8 Å². The van der Waals surface area contributed by atoms with Crippen molar-refractivity contribution in [1.82, 2.24) is 9.80 Å². The highest BCUT2D eigenvalue weighted by molar-refractivity contribution is 5.76. The number of rotatable bonds is 6. The Kier molecular flexibility index (Phi) is 6.30. The summed E-state index contributed by atoms with van der Waals surface area (Å²) in [5.74, 6) is 1.06. The van der Waals surface area contributed by atoms with E-state index in [9.17, 15) is 4.79 Å². The average Bonchev–Trinajstić information content (AvgIpc) is 2.92. The lowest BCUT2D eigenvalue weighted by molar-refractivity contribution is -0.133. The maximum Gasteiger partial charge on any atom is 0.224 e. The Morgan fingerprint density at radius 2 is 1.85 bits per heavy atom. The summed E-state index contributed by atoms with van der Waals surface area (Å²) >= 11 is 0. The zero-order valence-electron chi connectivity index (χ0n) is 13.0. The van der Waals surface area contributed by atoms with Crippen LogP contribution in [0, 0.1) is 5.92 Å². The topological polar surface area (TPSA) is 49.6 Å². The van der Waals surface area contributed by atoms with Gasteiger partial charge < -0.3 is 15.5 Å². The highest BCUT2D eigenvalue weighted by Gasteiger charge is 2.25. The van der Waals surface area contributed by atoms with Crippen LogP contribution >= 0.6 is 0 Å². The summed E-state index contributed by atoms with van der Waals surface area (Å²) in [5, 5.41) is 0. The zero-order valence-corrected chi connectivity index (χ0v) is 13.0. The lowest BCUT2D eigenvalue weighted by Crippen LogP contribution is -2.43. The van der Waals surface area contributed by atoms with Crippen molar-refractivity contribution in [3.05, 3.63) is 0 Å². The van der Waals surface area contributed by atoms with Crippen LogP contribution in [-0.2, 0) is 4.79 Å². The molecule has 1 atom stereocenters. The van der Waals surface area contributed by atoms with Crippen LogP contribution in [0.15, 0.2) is 0 Å². The second kappa shape index (κ2) is 7.99. The average molecular weight is 281 g/mol. The van der Waals surface area contributed by atoms with Gasteiger partial charge in [0.05, 0.1) is 0 Å². The van der Waals surface area contributed by atoms with E-state index in [-0.39, 0.29) is 11.9 Å². The fourth-order valence-electron chi connectivity index (χ4n) is 3.52. The molecule has 0 aromatic rings. The molecule has 0 aliphatic carbocycles. The Balaban J connectivity index is 1.66. The SMILES string of the molecule is CCCC(N)CC(=O)N1CCC(CN2CCCC2)CC1. The van der Waals surface area contributed by atoms with Crippen molar-refractivity contribution in [1.29, 1.82) is 0 Å². The molecular weight excluding hydrogens is 250 g/mol. The molecule has 2 aliphatic heterocycles. The highest BCUT2D eigenvalue weighted by atomic mass is 16.2. The minimum Gasteiger partial charge on any atom is -0.343 e. The number of carbonyl (C=O) groups is 1. The van der Waals surface area contributed by atoms with Crippen molar-refractivity contribution in [2.24, 2.45) is 11.7 Å². The van der Waals surface area contributed by atoms with E-state index in [1.165, 1.54) is 45.3 Å². The van der Waals surface area contributed by atoms with E-state index in [0.29, 0.717) is 6.42 Å². The first-order valence-corrected chi connectivity index (χ1v) is 8.44. The molecule has 116 valence electrons. The van der Waals surface area contributed by atoms with Crippen molar-refractivity contribution in [3.63, 3.8) is 0 Å². The molecule has 0 aromatic carbocycles. The van der Waals surface area contributed by atoms with Crippen LogP contribution < -0.4 is 5.73 Å². The molecule has 0 saturated carbocycles. The van der Waals surface area contributed by atoms with Gasteiger partial charge in [-0.15, -0.1) is 0 Å². The third-order valence-corrected chi connectivity index (χ3v) is 4.78. The van der Waals surface area contributed by atoms with E-state index < -0.39 is 0 Å². The molecule has 2 N–H and O–H groups in total. The molecule has 0 spiro atoms. The number of likely N-dealkylation sites (tertiary alicyclic amines) is 2. The van der Waals surface area contributed by atoms with Gasteiger partial charge in [-0.05, 0) is 51.1 Å². The summed E-state index contributed by atoms with van der Waals surface area (Å²) in [6.45, 7) is 7.81. The molecule has 1 amide bonds. The standard InChI is InChI=1S/C16H31N3O/c1-2-5-15(17)12-16(20)19-10-6-14(7-11-19)13-18-8-3-4-9-18/h14-15H,2-13,17H2,1H3. The molecule has 2 fully saturated rings. The Labute approximate surface area is 123 Å². The zero-order chi connectivity index (χ0) is 14.4. The molecule has 2 heterocycles. The highest BCUT2D eigenvalue weighted by Crippen LogP contribution is 2.21. The number of hydrogen-bond acceptors (Lipinski definition) is 3. The fourth-order valence-corrected chi connectivity index (χ4v) is 3.52. The normalized spacial score (nSPS) is 23.2. The van der Waals surface area contributed by atoms with Gasteiger partial charge in [0.1, 0.15) is 0 Å². The van der Waals surface area contributed by atoms with E-state index in [1.54, 1.807) is 0 Å². The molecule has 4 heteroatoms. The van der Waals surface area contributed by atoms with Crippen molar-refractivity contribution >= 4 is 5.91 Å². The number of amides is 1. The largest absolute Gasteiger partial charge is 0.343 e. The molecule has 20 heavy (non-hydrogen) atoms. The van der Waals surface area contributed by atoms with Gasteiger partial charge in [0, 0.05) is 32.1 Å². The maximum absolute atomic E-state index is 12.2. The summed E-state index contributed by atoms with van der Waals surface area (Å²) in [7, 11) is 0. The van der Waals surface area contributed by atoms with Gasteiger partial charge in [0.15, 0.2) is 0 Å². The van der Waals surface area contributed by atoms with Crippen molar-refractivity contribution in [2.45, 2.75) is 57.9 Å². The fraction of sp³-hybridized carbons (Fsp3) is 0.938. The summed E-state index contributed by atoms with van der Waals surface area (Å²) in [4.78, 5) is 16.8. The predicted molar refractivity (Wildman–Crippen MR) is 82.5 cm³/mol. The number of piperidine rings is 1. The van der Waals surface area contributed by atoms with E-state index in [4.69, 9.17) is 5.73 Å². The Hall–Kier alpha value is -0.610. The Morgan fingerprint density at radius 1 is 1.20 bits per heavy atom. The van der Waals surface area contributed by atoms with E-state index in [0.717, 1.165) is 31.8 Å². The lowest BCUT2D eigenvalue weighted by Gasteiger charge is -2.34. The molecule has 2 saturated heterocycles. The smallest absolute Gasteiger partial charge is 0.224 e. The van der Waals surface area contributed by atoms with Gasteiger partial charge in [-0.2, -0.15) is 0 Å². The molecule has 2 rings (SSSR count). The van der Waals surface area contributed by atoms with Crippen LogP contribution in [0.3, 0.4) is 0 Å². The van der Waals surface area contributed by atoms with Gasteiger partial charge in [0.25, 0.3) is 0 Å². The van der Waals surface area contributed by atoms with Crippen molar-refractivity contribution in [3.8, 4) is 0 Å². The first-order chi connectivity index (χ1) is 9.69. The van der Waals surface area contributed by atoms with E-state index >= 15 is 0 Å². The van der Waals surface area contributed by atoms with Crippen molar-refractivity contribution < 1.29 is 4.79 Å².